The minimum absolute atomic E-state index is 0.0657. The largest absolute Gasteiger partial charge is 0.492 e. The van der Waals surface area contributed by atoms with Gasteiger partial charge in [0.15, 0.2) is 0 Å². The average Bonchev–Trinajstić information content (AvgIpc) is 3.33. The lowest BCUT2D eigenvalue weighted by molar-refractivity contribution is -0.137. The molecule has 0 fully saturated rings. The molecule has 0 aliphatic carbocycles. The van der Waals surface area contributed by atoms with Crippen molar-refractivity contribution in [2.75, 3.05) is 13.7 Å². The van der Waals surface area contributed by atoms with E-state index in [2.05, 4.69) is 58.0 Å². The van der Waals surface area contributed by atoms with Crippen molar-refractivity contribution in [3.05, 3.63) is 76.3 Å². The van der Waals surface area contributed by atoms with Crippen LogP contribution in [0, 0.1) is 13.8 Å². The molecule has 0 aromatic heterocycles. The van der Waals surface area contributed by atoms with Gasteiger partial charge in [-0.05, 0) is 73.7 Å². The lowest BCUT2D eigenvalue weighted by atomic mass is 9.87. The normalized spacial score (nSPS) is 19.2. The number of methoxy groups -OCH3 is 1. The van der Waals surface area contributed by atoms with Gasteiger partial charge < -0.3 is 24.1 Å². The van der Waals surface area contributed by atoms with Crippen molar-refractivity contribution in [1.29, 1.82) is 0 Å². The molecule has 6 nitrogen and oxygen atoms in total. The number of aryl methyl sites for hydroxylation is 1. The molecule has 5 rings (SSSR count). The summed E-state index contributed by atoms with van der Waals surface area (Å²) in [7, 11) is 1.73. The van der Waals surface area contributed by atoms with Gasteiger partial charge in [0.2, 0.25) is 0 Å². The lowest BCUT2D eigenvalue weighted by Crippen LogP contribution is -2.31. The number of benzene rings is 3. The fourth-order valence-electron chi connectivity index (χ4n) is 5.61. The Morgan fingerprint density at radius 3 is 2.67 bits per heavy atom. The number of hydrogen-bond acceptors (Lipinski definition) is 5. The number of carboxylic acids is 1. The molecule has 0 spiro atoms. The first kappa shape index (κ1) is 24.2. The van der Waals surface area contributed by atoms with Crippen LogP contribution in [0.3, 0.4) is 0 Å². The first-order chi connectivity index (χ1) is 17.2. The van der Waals surface area contributed by atoms with Gasteiger partial charge in [-0.2, -0.15) is 0 Å². The highest BCUT2D eigenvalue weighted by atomic mass is 16.6. The highest BCUT2D eigenvalue weighted by Gasteiger charge is 2.43. The second kappa shape index (κ2) is 9.17. The molecule has 0 bridgehead atoms. The van der Waals surface area contributed by atoms with Crippen molar-refractivity contribution < 1.29 is 28.8 Å². The van der Waals surface area contributed by atoms with E-state index in [0.717, 1.165) is 33.6 Å². The van der Waals surface area contributed by atoms with Gasteiger partial charge in [-0.25, -0.2) is 0 Å². The third kappa shape index (κ3) is 4.30. The van der Waals surface area contributed by atoms with Crippen LogP contribution in [0.5, 0.6) is 17.2 Å². The summed E-state index contributed by atoms with van der Waals surface area (Å²) in [6.45, 7) is 9.17. The van der Waals surface area contributed by atoms with E-state index in [4.69, 9.17) is 24.1 Å². The first-order valence-electron chi connectivity index (χ1n) is 12.2. The van der Waals surface area contributed by atoms with Crippen molar-refractivity contribution in [3.8, 4) is 28.4 Å². The van der Waals surface area contributed by atoms with E-state index < -0.39 is 11.6 Å². The number of carbonyl (C=O) groups is 1. The Morgan fingerprint density at radius 2 is 1.92 bits per heavy atom. The number of hydrogen-bond donors (Lipinski definition) is 1. The van der Waals surface area contributed by atoms with Gasteiger partial charge in [0.25, 0.3) is 0 Å². The highest BCUT2D eigenvalue weighted by Crippen LogP contribution is 2.49. The maximum atomic E-state index is 11.1. The van der Waals surface area contributed by atoms with Crippen molar-refractivity contribution in [2.45, 2.75) is 58.3 Å². The smallest absolute Gasteiger partial charge is 0.304 e. The van der Waals surface area contributed by atoms with Crippen LogP contribution in [-0.4, -0.2) is 30.4 Å². The van der Waals surface area contributed by atoms with Crippen LogP contribution in [0.1, 0.15) is 60.1 Å². The highest BCUT2D eigenvalue weighted by molar-refractivity contribution is 5.75. The molecule has 2 atom stereocenters. The monoisotopic (exact) mass is 488 g/mol. The quantitative estimate of drug-likeness (QED) is 0.417. The zero-order valence-electron chi connectivity index (χ0n) is 21.4. The Labute approximate surface area is 211 Å². The SMILES string of the molecule is COC1c2c(cc(C)c(-c3cccc(COc4ccc5c(c4)OC[C@H]5CC(=O)O)c3)c2C)OC1(C)C. The second-order valence-electron chi connectivity index (χ2n) is 10.2. The van der Waals surface area contributed by atoms with E-state index in [0.29, 0.717) is 24.7 Å². The minimum Gasteiger partial charge on any atom is -0.492 e. The summed E-state index contributed by atoms with van der Waals surface area (Å²) in [6.07, 6.45) is -0.0634. The number of ether oxygens (including phenoxy) is 4. The van der Waals surface area contributed by atoms with Crippen LogP contribution in [0.2, 0.25) is 0 Å². The van der Waals surface area contributed by atoms with Crippen LogP contribution in [-0.2, 0) is 16.1 Å². The van der Waals surface area contributed by atoms with Crippen molar-refractivity contribution >= 4 is 5.97 Å². The summed E-state index contributed by atoms with van der Waals surface area (Å²) >= 11 is 0. The number of fused-ring (bicyclic) bond motifs is 2. The molecule has 2 aliphatic heterocycles. The fourth-order valence-corrected chi connectivity index (χ4v) is 5.61. The molecular weight excluding hydrogens is 456 g/mol. The van der Waals surface area contributed by atoms with Crippen molar-refractivity contribution in [1.82, 2.24) is 0 Å². The Balaban J connectivity index is 1.37. The molecule has 1 N–H and O–H groups in total. The summed E-state index contributed by atoms with van der Waals surface area (Å²) < 4.78 is 23.9. The summed E-state index contributed by atoms with van der Waals surface area (Å²) in [5.41, 5.74) is 7.32. The van der Waals surface area contributed by atoms with Gasteiger partial charge in [-0.1, -0.05) is 24.3 Å². The number of aliphatic carboxylic acids is 1. The molecule has 3 aromatic rings. The van der Waals surface area contributed by atoms with E-state index in [1.807, 2.05) is 18.2 Å². The summed E-state index contributed by atoms with van der Waals surface area (Å²) in [6, 6.07) is 16.2. The zero-order valence-corrected chi connectivity index (χ0v) is 21.4. The van der Waals surface area contributed by atoms with E-state index >= 15 is 0 Å². The van der Waals surface area contributed by atoms with Crippen LogP contribution in [0.4, 0.5) is 0 Å². The summed E-state index contributed by atoms with van der Waals surface area (Å²) in [5, 5.41) is 9.10. The molecule has 2 heterocycles. The molecule has 36 heavy (non-hydrogen) atoms. The van der Waals surface area contributed by atoms with E-state index in [1.54, 1.807) is 7.11 Å². The predicted molar refractivity (Wildman–Crippen MR) is 137 cm³/mol. The second-order valence-corrected chi connectivity index (χ2v) is 10.2. The van der Waals surface area contributed by atoms with Gasteiger partial charge in [-0.15, -0.1) is 0 Å². The maximum Gasteiger partial charge on any atom is 0.304 e. The van der Waals surface area contributed by atoms with Crippen LogP contribution in [0.15, 0.2) is 48.5 Å². The topological polar surface area (TPSA) is 74.2 Å². The van der Waals surface area contributed by atoms with Gasteiger partial charge in [0.1, 0.15) is 35.6 Å². The summed E-state index contributed by atoms with van der Waals surface area (Å²) in [5.74, 6) is 1.36. The molecule has 0 amide bonds. The van der Waals surface area contributed by atoms with Crippen molar-refractivity contribution in [2.24, 2.45) is 0 Å². The Morgan fingerprint density at radius 1 is 1.11 bits per heavy atom. The Kier molecular flexibility index (Phi) is 6.17. The fraction of sp³-hybridized carbons (Fsp3) is 0.367. The van der Waals surface area contributed by atoms with Crippen LogP contribution in [0.25, 0.3) is 11.1 Å². The third-order valence-electron chi connectivity index (χ3n) is 7.20. The molecule has 0 saturated carbocycles. The lowest BCUT2D eigenvalue weighted by Gasteiger charge is -2.25. The minimum atomic E-state index is -0.820. The molecule has 2 aliphatic rings. The average molecular weight is 489 g/mol. The van der Waals surface area contributed by atoms with Gasteiger partial charge >= 0.3 is 5.97 Å². The molecule has 6 heteroatoms. The molecule has 0 radical (unpaired) electrons. The number of carboxylic acid groups (broad SMARTS) is 1. The molecular formula is C30H32O6. The zero-order chi connectivity index (χ0) is 25.6. The number of rotatable bonds is 7. The first-order valence-corrected chi connectivity index (χ1v) is 12.2. The van der Waals surface area contributed by atoms with Crippen LogP contribution >= 0.6 is 0 Å². The third-order valence-corrected chi connectivity index (χ3v) is 7.20. The van der Waals surface area contributed by atoms with Gasteiger partial charge in [-0.3, -0.25) is 4.79 Å². The molecule has 3 aromatic carbocycles. The molecule has 188 valence electrons. The van der Waals surface area contributed by atoms with E-state index in [9.17, 15) is 4.79 Å². The van der Waals surface area contributed by atoms with E-state index in [1.165, 1.54) is 11.1 Å². The standard InChI is InChI=1S/C30H32O6/c1-17-11-25-28(29(33-5)30(3,4)36-25)18(2)27(17)20-8-6-7-19(12-20)15-34-22-9-10-23-21(13-26(31)32)16-35-24(23)14-22/h6-12,14,21,29H,13,15-16H2,1-5H3,(H,31,32)/t21-,29?/m1/s1. The van der Waals surface area contributed by atoms with E-state index in [-0.39, 0.29) is 18.4 Å². The van der Waals surface area contributed by atoms with Crippen molar-refractivity contribution in [3.63, 3.8) is 0 Å². The van der Waals surface area contributed by atoms with Gasteiger partial charge in [0, 0.05) is 30.2 Å². The molecule has 0 saturated heterocycles. The van der Waals surface area contributed by atoms with Gasteiger partial charge in [0.05, 0.1) is 13.0 Å². The van der Waals surface area contributed by atoms with Crippen LogP contribution < -0.4 is 14.2 Å². The Hall–Kier alpha value is -3.51. The summed E-state index contributed by atoms with van der Waals surface area (Å²) in [4.78, 5) is 11.1. The molecule has 1 unspecified atom stereocenters. The predicted octanol–water partition coefficient (Wildman–Crippen LogP) is 6.36. The Bertz CT molecular complexity index is 1330. The maximum absolute atomic E-state index is 11.1.